The fourth-order valence-electron chi connectivity index (χ4n) is 2.49. The van der Waals surface area contributed by atoms with Crippen LogP contribution in [0, 0.1) is 0 Å². The minimum absolute atomic E-state index is 0.0416. The summed E-state index contributed by atoms with van der Waals surface area (Å²) < 4.78 is 0. The highest BCUT2D eigenvalue weighted by Gasteiger charge is 2.05. The molecule has 23 heavy (non-hydrogen) atoms. The molecule has 0 atom stereocenters. The minimum Gasteiger partial charge on any atom is -0.348 e. The first-order valence-electron chi connectivity index (χ1n) is 7.76. The topological polar surface area (TPSA) is 29.1 Å². The van der Waals surface area contributed by atoms with E-state index in [0.29, 0.717) is 12.1 Å². The Kier molecular flexibility index (Phi) is 4.85. The fraction of sp³-hybridized carbons (Fsp3) is 0.0952. The molecule has 0 heterocycles. The number of benzene rings is 3. The van der Waals surface area contributed by atoms with Crippen molar-refractivity contribution >= 4 is 5.91 Å². The molecule has 0 saturated carbocycles. The van der Waals surface area contributed by atoms with Gasteiger partial charge >= 0.3 is 0 Å². The molecule has 1 N–H and O–H groups in total. The number of carbonyl (C=O) groups is 1. The van der Waals surface area contributed by atoms with Gasteiger partial charge in [0.15, 0.2) is 0 Å². The number of hydrogen-bond acceptors (Lipinski definition) is 1. The quantitative estimate of drug-likeness (QED) is 0.751. The monoisotopic (exact) mass is 301 g/mol. The molecule has 3 rings (SSSR count). The van der Waals surface area contributed by atoms with E-state index in [2.05, 4.69) is 17.4 Å². The van der Waals surface area contributed by atoms with Crippen molar-refractivity contribution in [2.45, 2.75) is 13.0 Å². The summed E-state index contributed by atoms with van der Waals surface area (Å²) in [6.45, 7) is 0.547. The molecule has 3 aromatic carbocycles. The van der Waals surface area contributed by atoms with E-state index in [-0.39, 0.29) is 5.91 Å². The van der Waals surface area contributed by atoms with E-state index >= 15 is 0 Å². The van der Waals surface area contributed by atoms with E-state index in [1.165, 1.54) is 11.1 Å². The van der Waals surface area contributed by atoms with Gasteiger partial charge in [0, 0.05) is 12.1 Å². The lowest BCUT2D eigenvalue weighted by atomic mass is 10.0. The molecular weight excluding hydrogens is 282 g/mol. The maximum Gasteiger partial charge on any atom is 0.251 e. The predicted molar refractivity (Wildman–Crippen MR) is 93.3 cm³/mol. The summed E-state index contributed by atoms with van der Waals surface area (Å²) in [6.07, 6.45) is 0.882. The molecule has 0 radical (unpaired) electrons. The second-order valence-corrected chi connectivity index (χ2v) is 5.53. The summed E-state index contributed by atoms with van der Waals surface area (Å²) in [5.74, 6) is -0.0416. The van der Waals surface area contributed by atoms with Crippen LogP contribution in [-0.2, 0) is 13.0 Å². The Morgan fingerprint density at radius 1 is 0.652 bits per heavy atom. The van der Waals surface area contributed by atoms with Crippen LogP contribution in [0.1, 0.15) is 27.0 Å². The molecule has 0 bridgehead atoms. The zero-order chi connectivity index (χ0) is 15.9. The van der Waals surface area contributed by atoms with Crippen molar-refractivity contribution in [1.29, 1.82) is 0 Å². The summed E-state index contributed by atoms with van der Waals surface area (Å²) >= 11 is 0. The van der Waals surface area contributed by atoms with E-state index in [0.717, 1.165) is 12.0 Å². The number of rotatable bonds is 5. The molecule has 0 aliphatic carbocycles. The highest BCUT2D eigenvalue weighted by molar-refractivity contribution is 5.94. The van der Waals surface area contributed by atoms with Crippen LogP contribution in [-0.4, -0.2) is 5.91 Å². The summed E-state index contributed by atoms with van der Waals surface area (Å²) in [7, 11) is 0. The van der Waals surface area contributed by atoms with Crippen molar-refractivity contribution in [3.05, 3.63) is 107 Å². The van der Waals surface area contributed by atoms with Gasteiger partial charge in [0.05, 0.1) is 0 Å². The highest BCUT2D eigenvalue weighted by atomic mass is 16.1. The first-order chi connectivity index (χ1) is 11.3. The molecule has 114 valence electrons. The van der Waals surface area contributed by atoms with Gasteiger partial charge in [-0.05, 0) is 35.2 Å². The Morgan fingerprint density at radius 2 is 1.17 bits per heavy atom. The third-order valence-corrected chi connectivity index (χ3v) is 3.76. The summed E-state index contributed by atoms with van der Waals surface area (Å²) in [5.41, 5.74) is 4.27. The smallest absolute Gasteiger partial charge is 0.251 e. The van der Waals surface area contributed by atoms with Crippen LogP contribution in [0.3, 0.4) is 0 Å². The highest BCUT2D eigenvalue weighted by Crippen LogP contribution is 2.11. The fourth-order valence-corrected chi connectivity index (χ4v) is 2.49. The van der Waals surface area contributed by atoms with Crippen LogP contribution in [0.5, 0.6) is 0 Å². The lowest BCUT2D eigenvalue weighted by Gasteiger charge is -2.07. The van der Waals surface area contributed by atoms with Gasteiger partial charge in [-0.15, -0.1) is 0 Å². The van der Waals surface area contributed by atoms with Gasteiger partial charge in [0.1, 0.15) is 0 Å². The third-order valence-electron chi connectivity index (χ3n) is 3.76. The van der Waals surface area contributed by atoms with Crippen molar-refractivity contribution in [3.63, 3.8) is 0 Å². The molecule has 0 unspecified atom stereocenters. The molecule has 0 aliphatic rings. The molecular formula is C21H19NO. The number of carbonyl (C=O) groups excluding carboxylic acids is 1. The van der Waals surface area contributed by atoms with Gasteiger partial charge in [-0.2, -0.15) is 0 Å². The van der Waals surface area contributed by atoms with Crippen molar-refractivity contribution in [2.24, 2.45) is 0 Å². The van der Waals surface area contributed by atoms with Crippen molar-refractivity contribution in [3.8, 4) is 0 Å². The molecule has 2 heteroatoms. The Labute approximate surface area is 136 Å². The number of hydrogen-bond donors (Lipinski definition) is 1. The van der Waals surface area contributed by atoms with Gasteiger partial charge in [-0.3, -0.25) is 4.79 Å². The van der Waals surface area contributed by atoms with E-state index in [1.54, 1.807) is 0 Å². The summed E-state index contributed by atoms with van der Waals surface area (Å²) in [4.78, 5) is 12.2. The van der Waals surface area contributed by atoms with E-state index in [4.69, 9.17) is 0 Å². The van der Waals surface area contributed by atoms with E-state index in [1.807, 2.05) is 72.8 Å². The van der Waals surface area contributed by atoms with Crippen LogP contribution >= 0.6 is 0 Å². The molecule has 0 fully saturated rings. The van der Waals surface area contributed by atoms with E-state index in [9.17, 15) is 4.79 Å². The lowest BCUT2D eigenvalue weighted by Crippen LogP contribution is -2.22. The first kappa shape index (κ1) is 15.0. The average Bonchev–Trinajstić information content (AvgIpc) is 2.62. The van der Waals surface area contributed by atoms with Crippen LogP contribution in [0.2, 0.25) is 0 Å². The second-order valence-electron chi connectivity index (χ2n) is 5.53. The molecule has 0 saturated heterocycles. The molecule has 1 amide bonds. The summed E-state index contributed by atoms with van der Waals surface area (Å²) in [6, 6.07) is 28.1. The lowest BCUT2D eigenvalue weighted by molar-refractivity contribution is 0.0951. The zero-order valence-electron chi connectivity index (χ0n) is 12.9. The maximum atomic E-state index is 12.2. The van der Waals surface area contributed by atoms with Crippen LogP contribution in [0.15, 0.2) is 84.9 Å². The van der Waals surface area contributed by atoms with Gasteiger partial charge in [0.25, 0.3) is 5.91 Å². The first-order valence-corrected chi connectivity index (χ1v) is 7.76. The third kappa shape index (κ3) is 4.30. The predicted octanol–water partition coefficient (Wildman–Crippen LogP) is 4.21. The van der Waals surface area contributed by atoms with E-state index < -0.39 is 0 Å². The summed E-state index contributed by atoms with van der Waals surface area (Å²) in [5, 5.41) is 2.95. The molecule has 0 aliphatic heterocycles. The maximum absolute atomic E-state index is 12.2. The standard InChI is InChI=1S/C21H19NO/c23-21(22-16-19-9-5-2-6-10-19)20-13-11-18(12-14-20)15-17-7-3-1-4-8-17/h1-14H,15-16H2,(H,22,23). The van der Waals surface area contributed by atoms with Crippen molar-refractivity contribution in [1.82, 2.24) is 5.32 Å². The van der Waals surface area contributed by atoms with Crippen molar-refractivity contribution < 1.29 is 4.79 Å². The van der Waals surface area contributed by atoms with Gasteiger partial charge in [-0.1, -0.05) is 72.8 Å². The number of amides is 1. The Bertz CT molecular complexity index is 749. The van der Waals surface area contributed by atoms with Gasteiger partial charge in [0.2, 0.25) is 0 Å². The molecule has 3 aromatic rings. The Hall–Kier alpha value is -2.87. The van der Waals surface area contributed by atoms with Crippen LogP contribution in [0.25, 0.3) is 0 Å². The van der Waals surface area contributed by atoms with Gasteiger partial charge in [-0.25, -0.2) is 0 Å². The molecule has 0 aromatic heterocycles. The molecule has 2 nitrogen and oxygen atoms in total. The SMILES string of the molecule is O=C(NCc1ccccc1)c1ccc(Cc2ccccc2)cc1. The number of nitrogens with one attached hydrogen (secondary N) is 1. The van der Waals surface area contributed by atoms with Crippen LogP contribution in [0.4, 0.5) is 0 Å². The minimum atomic E-state index is -0.0416. The Morgan fingerprint density at radius 3 is 1.78 bits per heavy atom. The van der Waals surface area contributed by atoms with Crippen molar-refractivity contribution in [2.75, 3.05) is 0 Å². The Balaban J connectivity index is 1.59. The zero-order valence-corrected chi connectivity index (χ0v) is 12.9. The van der Waals surface area contributed by atoms with Gasteiger partial charge < -0.3 is 5.32 Å². The molecule has 0 spiro atoms. The van der Waals surface area contributed by atoms with Crippen LogP contribution < -0.4 is 5.32 Å². The second kappa shape index (κ2) is 7.41. The largest absolute Gasteiger partial charge is 0.348 e. The normalized spacial score (nSPS) is 10.3. The average molecular weight is 301 g/mol.